The van der Waals surface area contributed by atoms with Crippen LogP contribution in [0.3, 0.4) is 0 Å². The summed E-state index contributed by atoms with van der Waals surface area (Å²) in [4.78, 5) is 28.1. The standard InChI is InChI=1S/C18H11Cl2NO4/c1-24-17(22)12-5-3-2-4-10(12)9-15-18(23)25-16(21-15)11-6-7-13(19)14(20)8-11/h2-9H,1H3/b15-9-. The van der Waals surface area contributed by atoms with E-state index in [9.17, 15) is 9.59 Å². The summed E-state index contributed by atoms with van der Waals surface area (Å²) in [7, 11) is 1.29. The van der Waals surface area contributed by atoms with E-state index < -0.39 is 11.9 Å². The number of cyclic esters (lactones) is 1. The summed E-state index contributed by atoms with van der Waals surface area (Å²) < 4.78 is 9.91. The van der Waals surface area contributed by atoms with Crippen molar-refractivity contribution >= 4 is 47.1 Å². The summed E-state index contributed by atoms with van der Waals surface area (Å²) in [5, 5.41) is 0.712. The molecule has 0 aromatic heterocycles. The first-order valence-electron chi connectivity index (χ1n) is 7.15. The smallest absolute Gasteiger partial charge is 0.363 e. The molecule has 0 radical (unpaired) electrons. The zero-order valence-electron chi connectivity index (χ0n) is 13.0. The van der Waals surface area contributed by atoms with Crippen LogP contribution in [0.1, 0.15) is 21.5 Å². The Labute approximate surface area is 153 Å². The van der Waals surface area contributed by atoms with E-state index in [2.05, 4.69) is 4.99 Å². The van der Waals surface area contributed by atoms with Gasteiger partial charge in [-0.3, -0.25) is 0 Å². The first kappa shape index (κ1) is 17.2. The van der Waals surface area contributed by atoms with E-state index in [1.54, 1.807) is 42.5 Å². The molecule has 1 aliphatic rings. The summed E-state index contributed by atoms with van der Waals surface area (Å²) in [6, 6.07) is 11.5. The lowest BCUT2D eigenvalue weighted by molar-refractivity contribution is -0.129. The molecule has 0 fully saturated rings. The number of rotatable bonds is 3. The van der Waals surface area contributed by atoms with Crippen molar-refractivity contribution in [2.24, 2.45) is 4.99 Å². The molecule has 0 unspecified atom stereocenters. The highest BCUT2D eigenvalue weighted by Gasteiger charge is 2.25. The van der Waals surface area contributed by atoms with E-state index in [4.69, 9.17) is 32.7 Å². The number of benzene rings is 2. The van der Waals surface area contributed by atoms with Gasteiger partial charge in [-0.25, -0.2) is 14.6 Å². The third-order valence-corrected chi connectivity index (χ3v) is 4.18. The predicted octanol–water partition coefficient (Wildman–Crippen LogP) is 4.12. The van der Waals surface area contributed by atoms with E-state index >= 15 is 0 Å². The monoisotopic (exact) mass is 375 g/mol. The number of methoxy groups -OCH3 is 1. The van der Waals surface area contributed by atoms with Crippen LogP contribution in [0.15, 0.2) is 53.2 Å². The molecule has 1 aliphatic heterocycles. The molecule has 7 heteroatoms. The molecule has 3 rings (SSSR count). The number of esters is 2. The maximum absolute atomic E-state index is 12.1. The highest BCUT2D eigenvalue weighted by atomic mass is 35.5. The average Bonchev–Trinajstić information content (AvgIpc) is 2.98. The van der Waals surface area contributed by atoms with Gasteiger partial charge in [0.25, 0.3) is 0 Å². The van der Waals surface area contributed by atoms with Crippen LogP contribution >= 0.6 is 23.2 Å². The van der Waals surface area contributed by atoms with Crippen molar-refractivity contribution in [2.45, 2.75) is 0 Å². The SMILES string of the molecule is COC(=O)c1ccccc1/C=C1\N=C(c2ccc(Cl)c(Cl)c2)OC1=O. The lowest BCUT2D eigenvalue weighted by atomic mass is 10.1. The molecule has 1 heterocycles. The van der Waals surface area contributed by atoms with Crippen molar-refractivity contribution in [1.82, 2.24) is 0 Å². The fraction of sp³-hybridized carbons (Fsp3) is 0.0556. The zero-order valence-corrected chi connectivity index (χ0v) is 14.5. The molecule has 0 bridgehead atoms. The van der Waals surface area contributed by atoms with E-state index in [0.717, 1.165) is 0 Å². The highest BCUT2D eigenvalue weighted by molar-refractivity contribution is 6.42. The molecule has 0 amide bonds. The summed E-state index contributed by atoms with van der Waals surface area (Å²) in [6.07, 6.45) is 1.47. The number of hydrogen-bond acceptors (Lipinski definition) is 5. The van der Waals surface area contributed by atoms with E-state index in [1.165, 1.54) is 13.2 Å². The molecule has 126 valence electrons. The molecule has 2 aromatic rings. The minimum Gasteiger partial charge on any atom is -0.465 e. The first-order valence-corrected chi connectivity index (χ1v) is 7.90. The number of carbonyl (C=O) groups excluding carboxylic acids is 2. The van der Waals surface area contributed by atoms with Gasteiger partial charge in [0.05, 0.1) is 22.7 Å². The third kappa shape index (κ3) is 3.57. The highest BCUT2D eigenvalue weighted by Crippen LogP contribution is 2.26. The van der Waals surface area contributed by atoms with Gasteiger partial charge < -0.3 is 9.47 Å². The van der Waals surface area contributed by atoms with Gasteiger partial charge in [-0.15, -0.1) is 0 Å². The normalized spacial score (nSPS) is 15.1. The van der Waals surface area contributed by atoms with Gasteiger partial charge in [-0.05, 0) is 35.9 Å². The van der Waals surface area contributed by atoms with Crippen molar-refractivity contribution in [1.29, 1.82) is 0 Å². The minimum absolute atomic E-state index is 0.0671. The van der Waals surface area contributed by atoms with Gasteiger partial charge in [0.15, 0.2) is 5.70 Å². The summed E-state index contributed by atoms with van der Waals surface area (Å²) >= 11 is 11.9. The fourth-order valence-corrected chi connectivity index (χ4v) is 2.53. The van der Waals surface area contributed by atoms with Gasteiger partial charge >= 0.3 is 11.9 Å². The van der Waals surface area contributed by atoms with Crippen LogP contribution in [0, 0.1) is 0 Å². The molecule has 0 saturated carbocycles. The van der Waals surface area contributed by atoms with E-state index in [1.807, 2.05) is 0 Å². The molecular formula is C18H11Cl2NO4. The number of carbonyl (C=O) groups is 2. The second-order valence-electron chi connectivity index (χ2n) is 5.04. The van der Waals surface area contributed by atoms with E-state index in [0.29, 0.717) is 26.7 Å². The van der Waals surface area contributed by atoms with Crippen LogP contribution < -0.4 is 0 Å². The van der Waals surface area contributed by atoms with Gasteiger partial charge in [-0.2, -0.15) is 0 Å². The van der Waals surface area contributed by atoms with Crippen molar-refractivity contribution in [3.8, 4) is 0 Å². The Bertz CT molecular complexity index is 934. The van der Waals surface area contributed by atoms with Crippen LogP contribution in [-0.4, -0.2) is 24.9 Å². The first-order chi connectivity index (χ1) is 12.0. The van der Waals surface area contributed by atoms with E-state index in [-0.39, 0.29) is 11.6 Å². The summed E-state index contributed by atoms with van der Waals surface area (Å²) in [5.74, 6) is -1.02. The number of aliphatic imine (C=N–C) groups is 1. The topological polar surface area (TPSA) is 65.0 Å². The van der Waals surface area contributed by atoms with Gasteiger partial charge in [0, 0.05) is 5.56 Å². The van der Waals surface area contributed by atoms with Gasteiger partial charge in [-0.1, -0.05) is 41.4 Å². The molecule has 5 nitrogen and oxygen atoms in total. The molecule has 0 N–H and O–H groups in total. The lowest BCUT2D eigenvalue weighted by Gasteiger charge is -2.03. The lowest BCUT2D eigenvalue weighted by Crippen LogP contribution is -2.06. The minimum atomic E-state index is -0.624. The summed E-state index contributed by atoms with van der Waals surface area (Å²) in [5.41, 5.74) is 1.41. The molecule has 0 saturated heterocycles. The molecule has 0 spiro atoms. The number of hydrogen-bond donors (Lipinski definition) is 0. The zero-order chi connectivity index (χ0) is 18.0. The Kier molecular flexibility index (Phi) is 4.88. The molecular weight excluding hydrogens is 365 g/mol. The van der Waals surface area contributed by atoms with Crippen molar-refractivity contribution in [3.63, 3.8) is 0 Å². The van der Waals surface area contributed by atoms with Gasteiger partial charge in [0.1, 0.15) is 0 Å². The van der Waals surface area contributed by atoms with Crippen LogP contribution in [0.5, 0.6) is 0 Å². The number of nitrogens with zero attached hydrogens (tertiary/aromatic N) is 1. The van der Waals surface area contributed by atoms with Crippen LogP contribution in [0.2, 0.25) is 10.0 Å². The number of halogens is 2. The van der Waals surface area contributed by atoms with Crippen molar-refractivity contribution < 1.29 is 19.1 Å². The maximum atomic E-state index is 12.1. The predicted molar refractivity (Wildman–Crippen MR) is 94.8 cm³/mol. The Balaban J connectivity index is 1.99. The Morgan fingerprint density at radius 1 is 1.16 bits per heavy atom. The average molecular weight is 376 g/mol. The van der Waals surface area contributed by atoms with Crippen LogP contribution in [0.4, 0.5) is 0 Å². The molecule has 0 atom stereocenters. The maximum Gasteiger partial charge on any atom is 0.363 e. The second-order valence-corrected chi connectivity index (χ2v) is 5.86. The Hall–Kier alpha value is -2.63. The molecule has 2 aromatic carbocycles. The Morgan fingerprint density at radius 2 is 1.92 bits per heavy atom. The van der Waals surface area contributed by atoms with Gasteiger partial charge in [0.2, 0.25) is 5.90 Å². The van der Waals surface area contributed by atoms with Crippen LogP contribution in [0.25, 0.3) is 6.08 Å². The largest absolute Gasteiger partial charge is 0.465 e. The Morgan fingerprint density at radius 3 is 2.64 bits per heavy atom. The molecule has 25 heavy (non-hydrogen) atoms. The summed E-state index contributed by atoms with van der Waals surface area (Å²) in [6.45, 7) is 0. The number of ether oxygens (including phenoxy) is 2. The van der Waals surface area contributed by atoms with Crippen molar-refractivity contribution in [2.75, 3.05) is 7.11 Å². The fourth-order valence-electron chi connectivity index (χ4n) is 2.23. The molecule has 0 aliphatic carbocycles. The third-order valence-electron chi connectivity index (χ3n) is 3.45. The quantitative estimate of drug-likeness (QED) is 0.597. The van der Waals surface area contributed by atoms with Crippen LogP contribution in [-0.2, 0) is 14.3 Å². The second kappa shape index (κ2) is 7.09. The van der Waals surface area contributed by atoms with Crippen molar-refractivity contribution in [3.05, 3.63) is 74.9 Å².